The zero-order valence-electron chi connectivity index (χ0n) is 21.0. The summed E-state index contributed by atoms with van der Waals surface area (Å²) in [6, 6.07) is 33.0. The van der Waals surface area contributed by atoms with Crippen molar-refractivity contribution in [1.29, 1.82) is 0 Å². The highest BCUT2D eigenvalue weighted by Crippen LogP contribution is 2.29. The first kappa shape index (κ1) is 24.0. The molecule has 2 heterocycles. The third-order valence-electron chi connectivity index (χ3n) is 6.65. The summed E-state index contributed by atoms with van der Waals surface area (Å²) >= 11 is 1.42. The first-order valence-corrected chi connectivity index (χ1v) is 13.6. The second-order valence-electron chi connectivity index (χ2n) is 9.07. The Morgan fingerprint density at radius 2 is 1.61 bits per heavy atom. The van der Waals surface area contributed by atoms with Crippen molar-refractivity contribution in [3.8, 4) is 0 Å². The molecule has 1 N–H and O–H groups in total. The molecule has 0 fully saturated rings. The predicted molar refractivity (Wildman–Crippen MR) is 157 cm³/mol. The molecule has 0 saturated heterocycles. The van der Waals surface area contributed by atoms with Gasteiger partial charge in [-0.05, 0) is 48.4 Å². The number of amides is 1. The molecule has 0 radical (unpaired) electrons. The standard InChI is InChI=1S/C31H27N5OS/c1-2-35-27-14-8-6-12-24(27)25-18-23(16-17-28(25)35)19-32-34-30(37)21-38-31-33-26-13-7-9-15-29(26)36(31)20-22-10-4-3-5-11-22/h3-19H,2,20-21H2,1H3,(H,34,37)/b32-19-. The number of thioether (sulfide) groups is 1. The molecule has 6 nitrogen and oxygen atoms in total. The van der Waals surface area contributed by atoms with Gasteiger partial charge in [-0.25, -0.2) is 10.4 Å². The van der Waals surface area contributed by atoms with E-state index in [1.807, 2.05) is 42.5 Å². The highest BCUT2D eigenvalue weighted by Gasteiger charge is 2.13. The lowest BCUT2D eigenvalue weighted by atomic mass is 10.1. The van der Waals surface area contributed by atoms with Crippen LogP contribution >= 0.6 is 11.8 Å². The molecule has 7 heteroatoms. The number of rotatable bonds is 8. The Morgan fingerprint density at radius 1 is 0.868 bits per heavy atom. The van der Waals surface area contributed by atoms with Crippen molar-refractivity contribution in [2.45, 2.75) is 25.2 Å². The Balaban J connectivity index is 1.15. The molecule has 0 atom stereocenters. The summed E-state index contributed by atoms with van der Waals surface area (Å²) in [5, 5.41) is 7.45. The van der Waals surface area contributed by atoms with Gasteiger partial charge in [-0.15, -0.1) is 0 Å². The number of carbonyl (C=O) groups is 1. The average Bonchev–Trinajstić information content (AvgIpc) is 3.47. The minimum absolute atomic E-state index is 0.173. The van der Waals surface area contributed by atoms with Gasteiger partial charge in [0.25, 0.3) is 5.91 Å². The molecule has 6 aromatic rings. The van der Waals surface area contributed by atoms with Crippen molar-refractivity contribution in [3.63, 3.8) is 0 Å². The van der Waals surface area contributed by atoms with E-state index in [4.69, 9.17) is 4.98 Å². The van der Waals surface area contributed by atoms with Crippen LogP contribution in [0.15, 0.2) is 107 Å². The summed E-state index contributed by atoms with van der Waals surface area (Å²) in [6.45, 7) is 3.76. The summed E-state index contributed by atoms with van der Waals surface area (Å²) < 4.78 is 4.48. The second kappa shape index (κ2) is 10.6. The van der Waals surface area contributed by atoms with Crippen LogP contribution in [-0.2, 0) is 17.9 Å². The molecule has 188 valence electrons. The maximum Gasteiger partial charge on any atom is 0.250 e. The van der Waals surface area contributed by atoms with Gasteiger partial charge in [0, 0.05) is 28.4 Å². The van der Waals surface area contributed by atoms with E-state index in [1.165, 1.54) is 39.1 Å². The van der Waals surface area contributed by atoms with E-state index < -0.39 is 0 Å². The number of nitrogens with one attached hydrogen (secondary N) is 1. The Bertz CT molecular complexity index is 1780. The SMILES string of the molecule is CCn1c2ccccc2c2cc(/C=N\NC(=O)CSc3nc4ccccc4n3Cc3ccccc3)ccc21. The van der Waals surface area contributed by atoms with Crippen LogP contribution < -0.4 is 5.43 Å². The summed E-state index contributed by atoms with van der Waals surface area (Å²) in [7, 11) is 0. The van der Waals surface area contributed by atoms with Gasteiger partial charge in [-0.1, -0.05) is 78.5 Å². The minimum Gasteiger partial charge on any atom is -0.341 e. The molecule has 0 unspecified atom stereocenters. The normalized spacial score (nSPS) is 11.7. The van der Waals surface area contributed by atoms with Crippen LogP contribution in [0.1, 0.15) is 18.1 Å². The van der Waals surface area contributed by atoms with Crippen molar-refractivity contribution in [3.05, 3.63) is 108 Å². The lowest BCUT2D eigenvalue weighted by Crippen LogP contribution is -2.20. The van der Waals surface area contributed by atoms with Crippen molar-refractivity contribution in [2.24, 2.45) is 5.10 Å². The van der Waals surface area contributed by atoms with Gasteiger partial charge in [0.1, 0.15) is 0 Å². The Morgan fingerprint density at radius 3 is 2.45 bits per heavy atom. The van der Waals surface area contributed by atoms with Crippen LogP contribution in [0, 0.1) is 0 Å². The van der Waals surface area contributed by atoms with Crippen LogP contribution in [0.2, 0.25) is 0 Å². The van der Waals surface area contributed by atoms with E-state index in [2.05, 4.69) is 81.2 Å². The summed E-state index contributed by atoms with van der Waals surface area (Å²) in [4.78, 5) is 17.4. The fraction of sp³-hybridized carbons (Fsp3) is 0.129. The van der Waals surface area contributed by atoms with Gasteiger partial charge in [0.05, 0.1) is 29.5 Å². The third kappa shape index (κ3) is 4.68. The summed E-state index contributed by atoms with van der Waals surface area (Å²) in [5.74, 6) is 0.0478. The maximum atomic E-state index is 12.6. The van der Waals surface area contributed by atoms with E-state index in [0.717, 1.165) is 28.3 Å². The van der Waals surface area contributed by atoms with Crippen molar-refractivity contribution < 1.29 is 4.79 Å². The molecular formula is C31H27N5OS. The second-order valence-corrected chi connectivity index (χ2v) is 10.0. The van der Waals surface area contributed by atoms with Crippen LogP contribution in [0.5, 0.6) is 0 Å². The molecule has 6 rings (SSSR count). The molecule has 0 aliphatic rings. The molecule has 2 aromatic heterocycles. The molecule has 0 aliphatic carbocycles. The van der Waals surface area contributed by atoms with E-state index in [-0.39, 0.29) is 11.7 Å². The number of nitrogens with zero attached hydrogens (tertiary/aromatic N) is 4. The van der Waals surface area contributed by atoms with Gasteiger partial charge in [-0.3, -0.25) is 4.79 Å². The Hall–Kier alpha value is -4.36. The molecule has 38 heavy (non-hydrogen) atoms. The lowest BCUT2D eigenvalue weighted by Gasteiger charge is -2.09. The number of hydrazone groups is 1. The number of imidazole rings is 1. The highest BCUT2D eigenvalue weighted by molar-refractivity contribution is 7.99. The first-order valence-electron chi connectivity index (χ1n) is 12.7. The van der Waals surface area contributed by atoms with Crippen LogP contribution in [0.4, 0.5) is 0 Å². The number of benzene rings is 4. The summed E-state index contributed by atoms with van der Waals surface area (Å²) in [6.07, 6.45) is 1.70. The van der Waals surface area contributed by atoms with Crippen molar-refractivity contribution in [2.75, 3.05) is 5.75 Å². The van der Waals surface area contributed by atoms with Gasteiger partial charge >= 0.3 is 0 Å². The van der Waals surface area contributed by atoms with Crippen molar-refractivity contribution in [1.82, 2.24) is 19.5 Å². The zero-order valence-corrected chi connectivity index (χ0v) is 21.9. The Kier molecular flexibility index (Phi) is 6.67. The summed E-state index contributed by atoms with van der Waals surface area (Å²) in [5.41, 5.74) is 9.19. The highest BCUT2D eigenvalue weighted by atomic mass is 32.2. The van der Waals surface area contributed by atoms with Crippen LogP contribution in [-0.4, -0.2) is 32.0 Å². The predicted octanol–water partition coefficient (Wildman–Crippen LogP) is 6.45. The fourth-order valence-electron chi connectivity index (χ4n) is 4.92. The van der Waals surface area contributed by atoms with Crippen molar-refractivity contribution >= 4 is 56.7 Å². The maximum absolute atomic E-state index is 12.6. The zero-order chi connectivity index (χ0) is 25.9. The number of carbonyl (C=O) groups excluding carboxylic acids is 1. The molecule has 0 bridgehead atoms. The minimum atomic E-state index is -0.173. The number of aryl methyl sites for hydroxylation is 1. The lowest BCUT2D eigenvalue weighted by molar-refractivity contribution is -0.118. The van der Waals surface area contributed by atoms with Crippen LogP contribution in [0.3, 0.4) is 0 Å². The number of hydrogen-bond acceptors (Lipinski definition) is 4. The van der Waals surface area contributed by atoms with E-state index in [0.29, 0.717) is 6.54 Å². The topological polar surface area (TPSA) is 64.2 Å². The monoisotopic (exact) mass is 517 g/mol. The number of hydrogen-bond donors (Lipinski definition) is 1. The smallest absolute Gasteiger partial charge is 0.250 e. The van der Waals surface area contributed by atoms with Gasteiger partial charge < -0.3 is 9.13 Å². The molecule has 0 spiro atoms. The molecular weight excluding hydrogens is 490 g/mol. The molecule has 0 aliphatic heterocycles. The van der Waals surface area contributed by atoms with E-state index >= 15 is 0 Å². The number of aromatic nitrogens is 3. The quantitative estimate of drug-likeness (QED) is 0.143. The first-order chi connectivity index (χ1) is 18.7. The Labute approximate surface area is 225 Å². The number of fused-ring (bicyclic) bond motifs is 4. The van der Waals surface area contributed by atoms with Gasteiger partial charge in [0.15, 0.2) is 5.16 Å². The van der Waals surface area contributed by atoms with Gasteiger partial charge in [0.2, 0.25) is 0 Å². The van der Waals surface area contributed by atoms with Gasteiger partial charge in [-0.2, -0.15) is 5.10 Å². The molecule has 1 amide bonds. The molecule has 0 saturated carbocycles. The molecule has 4 aromatic carbocycles. The van der Waals surface area contributed by atoms with Crippen LogP contribution in [0.25, 0.3) is 32.8 Å². The third-order valence-corrected chi connectivity index (χ3v) is 7.63. The average molecular weight is 518 g/mol. The number of para-hydroxylation sites is 3. The fourth-order valence-corrected chi connectivity index (χ4v) is 5.72. The van der Waals surface area contributed by atoms with E-state index in [9.17, 15) is 4.79 Å². The van der Waals surface area contributed by atoms with E-state index in [1.54, 1.807) is 6.21 Å². The largest absolute Gasteiger partial charge is 0.341 e.